The fraction of sp³-hybridized carbons (Fsp3) is 0.600. The molecule has 0 unspecified atom stereocenters. The number of rotatable bonds is 7. The van der Waals surface area contributed by atoms with E-state index in [4.69, 9.17) is 5.11 Å². The molecule has 5 heteroatoms. The number of aryl methyl sites for hydroxylation is 1. The molecule has 1 amide bonds. The molecule has 0 fully saturated rings. The molecule has 0 aliphatic heterocycles. The molecule has 5 nitrogen and oxygen atoms in total. The molecule has 0 aliphatic carbocycles. The lowest BCUT2D eigenvalue weighted by molar-refractivity contribution is -0.121. The van der Waals surface area contributed by atoms with Crippen molar-refractivity contribution in [3.8, 4) is 0 Å². The minimum absolute atomic E-state index is 0.0310. The largest absolute Gasteiger partial charge is 0.396 e. The van der Waals surface area contributed by atoms with Crippen molar-refractivity contribution in [2.24, 2.45) is 0 Å². The third-order valence-corrected chi connectivity index (χ3v) is 2.03. The van der Waals surface area contributed by atoms with Gasteiger partial charge in [-0.05, 0) is 18.9 Å². The van der Waals surface area contributed by atoms with Gasteiger partial charge in [0, 0.05) is 38.5 Å². The summed E-state index contributed by atoms with van der Waals surface area (Å²) in [5, 5.41) is 15.3. The monoisotopic (exact) mass is 211 g/mol. The molecule has 0 radical (unpaired) electrons. The van der Waals surface area contributed by atoms with Crippen LogP contribution >= 0.6 is 0 Å². The predicted molar refractivity (Wildman–Crippen MR) is 56.2 cm³/mol. The van der Waals surface area contributed by atoms with E-state index in [2.05, 4.69) is 10.4 Å². The van der Waals surface area contributed by atoms with Crippen LogP contribution in [0.15, 0.2) is 18.5 Å². The minimum atomic E-state index is 0.0310. The van der Waals surface area contributed by atoms with Crippen LogP contribution in [0.3, 0.4) is 0 Å². The van der Waals surface area contributed by atoms with Crippen molar-refractivity contribution in [2.45, 2.75) is 25.8 Å². The van der Waals surface area contributed by atoms with E-state index in [9.17, 15) is 4.79 Å². The summed E-state index contributed by atoms with van der Waals surface area (Å²) in [7, 11) is 0. The number of aliphatic hydroxyl groups is 1. The van der Waals surface area contributed by atoms with Crippen LogP contribution in [0.2, 0.25) is 0 Å². The smallest absolute Gasteiger partial charge is 0.221 e. The third-order valence-electron chi connectivity index (χ3n) is 2.03. The highest BCUT2D eigenvalue weighted by Gasteiger charge is 2.00. The van der Waals surface area contributed by atoms with Crippen LogP contribution in [-0.2, 0) is 11.3 Å². The van der Waals surface area contributed by atoms with Crippen LogP contribution in [0.4, 0.5) is 0 Å². The van der Waals surface area contributed by atoms with E-state index in [1.54, 1.807) is 10.9 Å². The first kappa shape index (κ1) is 11.7. The second-order valence-electron chi connectivity index (χ2n) is 3.30. The van der Waals surface area contributed by atoms with Gasteiger partial charge in [-0.3, -0.25) is 9.48 Å². The molecule has 15 heavy (non-hydrogen) atoms. The van der Waals surface area contributed by atoms with Crippen LogP contribution in [-0.4, -0.2) is 33.9 Å². The van der Waals surface area contributed by atoms with Crippen LogP contribution < -0.4 is 5.32 Å². The predicted octanol–water partition coefficient (Wildman–Crippen LogP) is 0.162. The second-order valence-corrected chi connectivity index (χ2v) is 3.30. The molecule has 84 valence electrons. The molecule has 2 N–H and O–H groups in total. The maximum absolute atomic E-state index is 11.3. The van der Waals surface area contributed by atoms with Crippen molar-refractivity contribution < 1.29 is 9.90 Å². The van der Waals surface area contributed by atoms with Crippen molar-refractivity contribution in [1.29, 1.82) is 0 Å². The van der Waals surface area contributed by atoms with Crippen LogP contribution in [0, 0.1) is 0 Å². The topological polar surface area (TPSA) is 67.2 Å². The Morgan fingerprint density at radius 3 is 3.00 bits per heavy atom. The van der Waals surface area contributed by atoms with Gasteiger partial charge in [0.15, 0.2) is 0 Å². The molecule has 0 aliphatic rings. The normalized spacial score (nSPS) is 10.2. The molecule has 1 rings (SSSR count). The highest BCUT2D eigenvalue weighted by Crippen LogP contribution is 1.90. The standard InChI is InChI=1S/C10H17N3O2/c14-9-2-1-5-11-10(15)4-8-13-7-3-6-12-13/h3,6-7,14H,1-2,4-5,8-9H2,(H,11,15). The van der Waals surface area contributed by atoms with Crippen LogP contribution in [0.25, 0.3) is 0 Å². The summed E-state index contributed by atoms with van der Waals surface area (Å²) in [4.78, 5) is 11.3. The molecule has 0 saturated heterocycles. The highest BCUT2D eigenvalue weighted by atomic mass is 16.2. The summed E-state index contributed by atoms with van der Waals surface area (Å²) in [6.07, 6.45) is 5.53. The Bertz CT molecular complexity index is 272. The van der Waals surface area contributed by atoms with Gasteiger partial charge in [-0.25, -0.2) is 0 Å². The van der Waals surface area contributed by atoms with Gasteiger partial charge in [0.25, 0.3) is 0 Å². The molecule has 1 heterocycles. The number of amides is 1. The molecule has 0 atom stereocenters. The Morgan fingerprint density at radius 2 is 2.33 bits per heavy atom. The van der Waals surface area contributed by atoms with Crippen molar-refractivity contribution in [3.63, 3.8) is 0 Å². The van der Waals surface area contributed by atoms with Gasteiger partial charge in [-0.2, -0.15) is 5.10 Å². The fourth-order valence-corrected chi connectivity index (χ4v) is 1.20. The molecular weight excluding hydrogens is 194 g/mol. The second kappa shape index (κ2) is 7.00. The van der Waals surface area contributed by atoms with Gasteiger partial charge < -0.3 is 10.4 Å². The number of unbranched alkanes of at least 4 members (excludes halogenated alkanes) is 1. The SMILES string of the molecule is O=C(CCn1cccn1)NCCCCO. The van der Waals surface area contributed by atoms with Gasteiger partial charge >= 0.3 is 0 Å². The summed E-state index contributed by atoms with van der Waals surface area (Å²) < 4.78 is 1.73. The number of carbonyl (C=O) groups is 1. The van der Waals surface area contributed by atoms with Crippen molar-refractivity contribution >= 4 is 5.91 Å². The molecule has 1 aromatic heterocycles. The van der Waals surface area contributed by atoms with Gasteiger partial charge in [-0.1, -0.05) is 0 Å². The maximum atomic E-state index is 11.3. The zero-order valence-electron chi connectivity index (χ0n) is 8.72. The van der Waals surface area contributed by atoms with Gasteiger partial charge in [0.05, 0.1) is 0 Å². The zero-order chi connectivity index (χ0) is 10.9. The van der Waals surface area contributed by atoms with Crippen LogP contribution in [0.1, 0.15) is 19.3 Å². The first-order valence-corrected chi connectivity index (χ1v) is 5.18. The highest BCUT2D eigenvalue weighted by molar-refractivity contribution is 5.75. The maximum Gasteiger partial charge on any atom is 0.221 e. The van der Waals surface area contributed by atoms with Crippen LogP contribution in [0.5, 0.6) is 0 Å². The molecular formula is C10H17N3O2. The number of aromatic nitrogens is 2. The Hall–Kier alpha value is -1.36. The summed E-state index contributed by atoms with van der Waals surface area (Å²) in [6.45, 7) is 1.43. The first-order chi connectivity index (χ1) is 7.33. The van der Waals surface area contributed by atoms with Gasteiger partial charge in [0.2, 0.25) is 5.91 Å². The first-order valence-electron chi connectivity index (χ1n) is 5.18. The summed E-state index contributed by atoms with van der Waals surface area (Å²) in [6, 6.07) is 1.83. The van der Waals surface area contributed by atoms with E-state index in [1.165, 1.54) is 0 Å². The molecule has 0 bridgehead atoms. The Kier molecular flexibility index (Phi) is 5.47. The third kappa shape index (κ3) is 5.17. The number of nitrogens with zero attached hydrogens (tertiary/aromatic N) is 2. The fourth-order valence-electron chi connectivity index (χ4n) is 1.20. The lowest BCUT2D eigenvalue weighted by atomic mass is 10.3. The average molecular weight is 211 g/mol. The average Bonchev–Trinajstić information content (AvgIpc) is 2.74. The summed E-state index contributed by atoms with van der Waals surface area (Å²) in [5.74, 6) is 0.0310. The van der Waals surface area contributed by atoms with E-state index in [0.29, 0.717) is 19.5 Å². The summed E-state index contributed by atoms with van der Waals surface area (Å²) in [5.41, 5.74) is 0. The van der Waals surface area contributed by atoms with Crippen molar-refractivity contribution in [1.82, 2.24) is 15.1 Å². The van der Waals surface area contributed by atoms with E-state index in [0.717, 1.165) is 12.8 Å². The van der Waals surface area contributed by atoms with Crippen molar-refractivity contribution in [2.75, 3.05) is 13.2 Å². The lowest BCUT2D eigenvalue weighted by Crippen LogP contribution is -2.25. The van der Waals surface area contributed by atoms with E-state index >= 15 is 0 Å². The number of carbonyl (C=O) groups excluding carboxylic acids is 1. The molecule has 0 aromatic carbocycles. The lowest BCUT2D eigenvalue weighted by Gasteiger charge is -2.04. The van der Waals surface area contributed by atoms with E-state index in [1.807, 2.05) is 12.3 Å². The number of nitrogens with one attached hydrogen (secondary N) is 1. The minimum Gasteiger partial charge on any atom is -0.396 e. The Morgan fingerprint density at radius 1 is 1.47 bits per heavy atom. The molecule has 0 saturated carbocycles. The Labute approximate surface area is 89.1 Å². The number of aliphatic hydroxyl groups excluding tert-OH is 1. The zero-order valence-corrected chi connectivity index (χ0v) is 8.72. The number of hydrogen-bond donors (Lipinski definition) is 2. The van der Waals surface area contributed by atoms with E-state index < -0.39 is 0 Å². The molecule has 0 spiro atoms. The van der Waals surface area contributed by atoms with Gasteiger partial charge in [0.1, 0.15) is 0 Å². The van der Waals surface area contributed by atoms with Gasteiger partial charge in [-0.15, -0.1) is 0 Å². The quantitative estimate of drug-likeness (QED) is 0.631. The van der Waals surface area contributed by atoms with E-state index in [-0.39, 0.29) is 12.5 Å². The number of hydrogen-bond acceptors (Lipinski definition) is 3. The van der Waals surface area contributed by atoms with Crippen molar-refractivity contribution in [3.05, 3.63) is 18.5 Å². The Balaban J connectivity index is 2.04. The molecule has 1 aromatic rings. The summed E-state index contributed by atoms with van der Waals surface area (Å²) >= 11 is 0.